The fourth-order valence-electron chi connectivity index (χ4n) is 3.21. The molecule has 0 saturated heterocycles. The van der Waals surface area contributed by atoms with Crippen LogP contribution in [0, 0.1) is 5.82 Å². The third kappa shape index (κ3) is 7.44. The van der Waals surface area contributed by atoms with Gasteiger partial charge >= 0.3 is 35.7 Å². The summed E-state index contributed by atoms with van der Waals surface area (Å²) in [5.41, 5.74) is 1.05. The first-order chi connectivity index (χ1) is 15.7. The van der Waals surface area contributed by atoms with Crippen LogP contribution in [0.2, 0.25) is 0 Å². The van der Waals surface area contributed by atoms with E-state index in [-0.39, 0.29) is 48.1 Å². The van der Waals surface area contributed by atoms with Crippen molar-refractivity contribution in [3.05, 3.63) is 94.6 Å². The molecule has 0 radical (unpaired) electrons. The summed E-state index contributed by atoms with van der Waals surface area (Å²) in [6, 6.07) is 10.2. The minimum absolute atomic E-state index is 0. The molecule has 0 bridgehead atoms. The van der Waals surface area contributed by atoms with Crippen molar-refractivity contribution in [2.75, 3.05) is 6.61 Å². The number of benzene rings is 2. The number of carboxylic acid groups (broad SMARTS) is 1. The SMILES string of the molecule is CCCO/N=C(\Cn1cc(Cc2ccc(F)cc2)c(C(=O)[O-])c1)c1ccc(C(F)(F)F)cc1.[Na+]. The number of hydrogen-bond donors (Lipinski definition) is 0. The molecule has 5 nitrogen and oxygen atoms in total. The van der Waals surface area contributed by atoms with Crippen LogP contribution in [-0.4, -0.2) is 22.9 Å². The average molecular weight is 484 g/mol. The zero-order valence-corrected chi connectivity index (χ0v) is 20.7. The molecule has 0 aliphatic rings. The Kier molecular flexibility index (Phi) is 9.90. The summed E-state index contributed by atoms with van der Waals surface area (Å²) in [6.07, 6.45) is -0.588. The molecule has 3 aromatic rings. The van der Waals surface area contributed by atoms with Crippen molar-refractivity contribution in [2.45, 2.75) is 32.5 Å². The van der Waals surface area contributed by atoms with Gasteiger partial charge in [-0.15, -0.1) is 0 Å². The average Bonchev–Trinajstić information content (AvgIpc) is 3.17. The third-order valence-electron chi connectivity index (χ3n) is 4.84. The van der Waals surface area contributed by atoms with Gasteiger partial charge in [-0.25, -0.2) is 4.39 Å². The van der Waals surface area contributed by atoms with Crippen molar-refractivity contribution in [1.29, 1.82) is 0 Å². The summed E-state index contributed by atoms with van der Waals surface area (Å²) in [6.45, 7) is 2.25. The Bertz CT molecular complexity index is 1120. The minimum Gasteiger partial charge on any atom is -0.545 e. The predicted octanol–water partition coefficient (Wildman–Crippen LogP) is 1.44. The molecule has 0 atom stereocenters. The summed E-state index contributed by atoms with van der Waals surface area (Å²) < 4.78 is 53.4. The number of hydrogen-bond acceptors (Lipinski definition) is 4. The van der Waals surface area contributed by atoms with E-state index < -0.39 is 23.5 Å². The van der Waals surface area contributed by atoms with Crippen LogP contribution in [0.15, 0.2) is 66.1 Å². The number of oxime groups is 1. The molecular formula is C24H21F4N2NaO3. The molecule has 0 unspecified atom stereocenters. The van der Waals surface area contributed by atoms with Gasteiger partial charge in [0.05, 0.1) is 18.1 Å². The number of carbonyl (C=O) groups is 1. The van der Waals surface area contributed by atoms with Crippen molar-refractivity contribution < 1.29 is 61.9 Å². The van der Waals surface area contributed by atoms with Gasteiger partial charge in [0.1, 0.15) is 18.1 Å². The van der Waals surface area contributed by atoms with E-state index in [0.717, 1.165) is 12.1 Å². The normalized spacial score (nSPS) is 11.7. The Morgan fingerprint density at radius 1 is 1.06 bits per heavy atom. The summed E-state index contributed by atoms with van der Waals surface area (Å²) in [4.78, 5) is 16.9. The van der Waals surface area contributed by atoms with Gasteiger partial charge in [0.25, 0.3) is 0 Å². The van der Waals surface area contributed by atoms with E-state index in [1.165, 1.54) is 30.5 Å². The van der Waals surface area contributed by atoms with Crippen LogP contribution in [0.3, 0.4) is 0 Å². The molecule has 0 amide bonds. The Balaban J connectivity index is 0.00000408. The number of aromatic carboxylic acids is 1. The smallest absolute Gasteiger partial charge is 0.545 e. The largest absolute Gasteiger partial charge is 1.00 e. The first kappa shape index (κ1) is 27.6. The van der Waals surface area contributed by atoms with Crippen LogP contribution in [0.4, 0.5) is 17.6 Å². The quantitative estimate of drug-likeness (QED) is 0.152. The number of rotatable bonds is 9. The second-order valence-electron chi connectivity index (χ2n) is 7.41. The number of carbonyl (C=O) groups excluding carboxylic acids is 1. The van der Waals surface area contributed by atoms with Gasteiger partial charge in [-0.05, 0) is 48.2 Å². The van der Waals surface area contributed by atoms with Crippen LogP contribution in [-0.2, 0) is 24.0 Å². The molecule has 2 aromatic carbocycles. The molecule has 3 rings (SSSR count). The Morgan fingerprint density at radius 2 is 1.71 bits per heavy atom. The van der Waals surface area contributed by atoms with E-state index in [0.29, 0.717) is 35.4 Å². The summed E-state index contributed by atoms with van der Waals surface area (Å²) >= 11 is 0. The van der Waals surface area contributed by atoms with Crippen LogP contribution in [0.1, 0.15) is 46.0 Å². The van der Waals surface area contributed by atoms with Crippen molar-refractivity contribution >= 4 is 11.7 Å². The first-order valence-corrected chi connectivity index (χ1v) is 10.2. The standard InChI is InChI=1S/C24H22F4N2O3.Na/c1-2-11-33-29-22(17-5-7-19(8-6-17)24(26,27)28)15-30-13-18(21(14-30)23(31)32)12-16-3-9-20(25)10-4-16;/h3-10,13-14H,2,11-12,15H2,1H3,(H,31,32);/q;+1/p-1/b29-22+;. The summed E-state index contributed by atoms with van der Waals surface area (Å²) in [5.74, 6) is -1.78. The zero-order valence-electron chi connectivity index (χ0n) is 18.7. The van der Waals surface area contributed by atoms with E-state index in [4.69, 9.17) is 4.84 Å². The van der Waals surface area contributed by atoms with E-state index in [2.05, 4.69) is 5.16 Å². The van der Waals surface area contributed by atoms with Gasteiger partial charge < -0.3 is 19.3 Å². The number of alkyl halides is 3. The fraction of sp³-hybridized carbons (Fsp3) is 0.250. The second kappa shape index (κ2) is 12.2. The molecule has 10 heteroatoms. The third-order valence-corrected chi connectivity index (χ3v) is 4.84. The van der Waals surface area contributed by atoms with E-state index >= 15 is 0 Å². The molecule has 0 N–H and O–H groups in total. The monoisotopic (exact) mass is 484 g/mol. The van der Waals surface area contributed by atoms with Crippen LogP contribution < -0.4 is 34.7 Å². The minimum atomic E-state index is -4.46. The fourth-order valence-corrected chi connectivity index (χ4v) is 3.21. The number of carboxylic acids is 1. The Labute approximate surface area is 216 Å². The molecule has 1 aromatic heterocycles. The number of aromatic nitrogens is 1. The van der Waals surface area contributed by atoms with Crippen LogP contribution in [0.25, 0.3) is 0 Å². The number of nitrogens with zero attached hydrogens (tertiary/aromatic N) is 2. The predicted molar refractivity (Wildman–Crippen MR) is 112 cm³/mol. The maximum absolute atomic E-state index is 13.2. The molecule has 0 saturated carbocycles. The molecular weight excluding hydrogens is 463 g/mol. The molecule has 0 fully saturated rings. The zero-order chi connectivity index (χ0) is 24.0. The maximum Gasteiger partial charge on any atom is 1.00 e. The van der Waals surface area contributed by atoms with Gasteiger partial charge in [-0.2, -0.15) is 13.2 Å². The second-order valence-corrected chi connectivity index (χ2v) is 7.41. The van der Waals surface area contributed by atoms with Crippen LogP contribution >= 0.6 is 0 Å². The maximum atomic E-state index is 13.2. The Hall–Kier alpha value is -2.62. The molecule has 0 spiro atoms. The van der Waals surface area contributed by atoms with Crippen molar-refractivity contribution in [3.8, 4) is 0 Å². The Morgan fingerprint density at radius 3 is 2.26 bits per heavy atom. The van der Waals surface area contributed by atoms with Gasteiger partial charge in [0.2, 0.25) is 0 Å². The van der Waals surface area contributed by atoms with Crippen molar-refractivity contribution in [2.24, 2.45) is 5.16 Å². The topological polar surface area (TPSA) is 66.7 Å². The van der Waals surface area contributed by atoms with Crippen molar-refractivity contribution in [3.63, 3.8) is 0 Å². The van der Waals surface area contributed by atoms with Crippen molar-refractivity contribution in [1.82, 2.24) is 4.57 Å². The van der Waals surface area contributed by atoms with E-state index in [1.54, 1.807) is 22.9 Å². The van der Waals surface area contributed by atoms with E-state index in [9.17, 15) is 27.5 Å². The van der Waals surface area contributed by atoms with Crippen LogP contribution in [0.5, 0.6) is 0 Å². The molecule has 0 aliphatic carbocycles. The summed E-state index contributed by atoms with van der Waals surface area (Å²) in [5, 5.41) is 15.7. The summed E-state index contributed by atoms with van der Waals surface area (Å²) in [7, 11) is 0. The molecule has 34 heavy (non-hydrogen) atoms. The first-order valence-electron chi connectivity index (χ1n) is 10.2. The molecule has 0 aliphatic heterocycles. The molecule has 1 heterocycles. The van der Waals surface area contributed by atoms with Gasteiger partial charge in [0, 0.05) is 23.5 Å². The van der Waals surface area contributed by atoms with E-state index in [1.807, 2.05) is 6.92 Å². The van der Waals surface area contributed by atoms with Gasteiger partial charge in [0.15, 0.2) is 0 Å². The van der Waals surface area contributed by atoms with Gasteiger partial charge in [-0.1, -0.05) is 36.3 Å². The number of halogens is 4. The van der Waals surface area contributed by atoms with Gasteiger partial charge in [-0.3, -0.25) is 0 Å². The molecule has 174 valence electrons.